The molecular weight excluding hydrogens is 505 g/mol. The van der Waals surface area contributed by atoms with Gasteiger partial charge in [-0.15, -0.1) is 0 Å². The summed E-state index contributed by atoms with van der Waals surface area (Å²) < 4.78 is 11.9. The van der Waals surface area contributed by atoms with E-state index < -0.39 is 11.9 Å². The molecule has 0 saturated heterocycles. The first-order valence-electron chi connectivity index (χ1n) is 10.4. The van der Waals surface area contributed by atoms with Gasteiger partial charge in [0.25, 0.3) is 0 Å². The predicted molar refractivity (Wildman–Crippen MR) is 126 cm³/mol. The summed E-state index contributed by atoms with van der Waals surface area (Å²) in [6.45, 7) is 0.201. The van der Waals surface area contributed by atoms with Gasteiger partial charge in [0.05, 0.1) is 3.70 Å². The maximum Gasteiger partial charge on any atom is 0.345 e. The molecule has 2 atom stereocenters. The molecule has 2 aromatic rings. The highest BCUT2D eigenvalue weighted by Crippen LogP contribution is 2.41. The number of esters is 2. The highest BCUT2D eigenvalue weighted by Gasteiger charge is 2.37. The van der Waals surface area contributed by atoms with Crippen molar-refractivity contribution in [2.45, 2.75) is 38.5 Å². The fourth-order valence-electron chi connectivity index (χ4n) is 4.04. The molecule has 1 fully saturated rings. The van der Waals surface area contributed by atoms with Gasteiger partial charge in [-0.3, -0.25) is 0 Å². The number of benzene rings is 2. The SMILES string of the molecule is O=C(OCc1ccccc1)C(=CC1=C(I)NC2CCCC12)C(=O)OCc1ccccc1. The molecule has 31 heavy (non-hydrogen) atoms. The molecule has 0 spiro atoms. The summed E-state index contributed by atoms with van der Waals surface area (Å²) in [5, 5.41) is 3.48. The van der Waals surface area contributed by atoms with Crippen LogP contribution in [0.2, 0.25) is 0 Å². The zero-order chi connectivity index (χ0) is 21.6. The Morgan fingerprint density at radius 2 is 1.45 bits per heavy atom. The molecule has 1 saturated carbocycles. The Morgan fingerprint density at radius 1 is 0.903 bits per heavy atom. The van der Waals surface area contributed by atoms with E-state index in [0.29, 0.717) is 12.0 Å². The Balaban J connectivity index is 1.53. The molecule has 160 valence electrons. The maximum absolute atomic E-state index is 12.9. The van der Waals surface area contributed by atoms with Crippen molar-refractivity contribution in [2.75, 3.05) is 0 Å². The molecular formula is C25H24INO4. The average Bonchev–Trinajstić information content (AvgIpc) is 3.36. The van der Waals surface area contributed by atoms with E-state index in [0.717, 1.165) is 39.7 Å². The molecule has 1 heterocycles. The van der Waals surface area contributed by atoms with E-state index in [9.17, 15) is 9.59 Å². The van der Waals surface area contributed by atoms with E-state index in [1.165, 1.54) is 0 Å². The molecule has 2 unspecified atom stereocenters. The third kappa shape index (κ3) is 5.36. The van der Waals surface area contributed by atoms with Crippen LogP contribution in [0.25, 0.3) is 0 Å². The lowest BCUT2D eigenvalue weighted by molar-refractivity contribution is -0.148. The molecule has 1 aliphatic carbocycles. The lowest BCUT2D eigenvalue weighted by Crippen LogP contribution is -2.23. The van der Waals surface area contributed by atoms with Crippen LogP contribution in [0.4, 0.5) is 0 Å². The first kappa shape index (κ1) is 21.6. The van der Waals surface area contributed by atoms with Crippen LogP contribution in [-0.4, -0.2) is 18.0 Å². The number of carbonyl (C=O) groups excluding carboxylic acids is 2. The van der Waals surface area contributed by atoms with Crippen LogP contribution in [-0.2, 0) is 32.3 Å². The minimum absolute atomic E-state index is 0.0645. The van der Waals surface area contributed by atoms with Gasteiger partial charge in [-0.1, -0.05) is 67.1 Å². The first-order valence-corrected chi connectivity index (χ1v) is 11.5. The van der Waals surface area contributed by atoms with Crippen molar-refractivity contribution in [3.05, 3.63) is 92.7 Å². The summed E-state index contributed by atoms with van der Waals surface area (Å²) in [5.74, 6) is -1.02. The monoisotopic (exact) mass is 529 g/mol. The Labute approximate surface area is 195 Å². The average molecular weight is 529 g/mol. The van der Waals surface area contributed by atoms with E-state index in [1.54, 1.807) is 6.08 Å². The van der Waals surface area contributed by atoms with Crippen LogP contribution < -0.4 is 5.32 Å². The highest BCUT2D eigenvalue weighted by atomic mass is 127. The van der Waals surface area contributed by atoms with Crippen molar-refractivity contribution < 1.29 is 19.1 Å². The molecule has 5 nitrogen and oxygen atoms in total. The molecule has 6 heteroatoms. The highest BCUT2D eigenvalue weighted by molar-refractivity contribution is 14.1. The van der Waals surface area contributed by atoms with Gasteiger partial charge in [0.2, 0.25) is 0 Å². The standard InChI is InChI=1S/C25H24INO4/c26-23-20(19-12-7-13-22(19)27-23)14-21(24(28)30-15-17-8-3-1-4-9-17)25(29)31-16-18-10-5-2-6-11-18/h1-6,8-11,14,19,22,27H,7,12-13,15-16H2. The van der Waals surface area contributed by atoms with Gasteiger partial charge >= 0.3 is 11.9 Å². The third-order valence-electron chi connectivity index (χ3n) is 5.65. The number of halogens is 1. The number of nitrogens with one attached hydrogen (secondary N) is 1. The zero-order valence-corrected chi connectivity index (χ0v) is 19.2. The second kappa shape index (κ2) is 10.1. The van der Waals surface area contributed by atoms with E-state index in [2.05, 4.69) is 27.9 Å². The van der Waals surface area contributed by atoms with Crippen molar-refractivity contribution in [2.24, 2.45) is 5.92 Å². The lowest BCUT2D eigenvalue weighted by Gasteiger charge is -2.13. The van der Waals surface area contributed by atoms with Crippen molar-refractivity contribution >= 4 is 34.5 Å². The molecule has 0 amide bonds. The fourth-order valence-corrected chi connectivity index (χ4v) is 5.00. The molecule has 2 aliphatic rings. The Bertz CT molecular complexity index is 943. The van der Waals surface area contributed by atoms with Crippen LogP contribution in [0.1, 0.15) is 30.4 Å². The van der Waals surface area contributed by atoms with E-state index in [1.807, 2.05) is 60.7 Å². The van der Waals surface area contributed by atoms with Gasteiger partial charge in [0.15, 0.2) is 0 Å². The molecule has 4 rings (SSSR count). The minimum Gasteiger partial charge on any atom is -0.457 e. The molecule has 1 aliphatic heterocycles. The first-order chi connectivity index (χ1) is 15.1. The second-order valence-electron chi connectivity index (χ2n) is 7.74. The van der Waals surface area contributed by atoms with Crippen LogP contribution in [0, 0.1) is 5.92 Å². The Kier molecular flexibility index (Phi) is 7.06. The molecule has 0 bridgehead atoms. The Morgan fingerprint density at radius 3 is 2.00 bits per heavy atom. The number of ether oxygens (including phenoxy) is 2. The summed E-state index contributed by atoms with van der Waals surface area (Å²) in [6.07, 6.45) is 4.95. The zero-order valence-electron chi connectivity index (χ0n) is 17.1. The topological polar surface area (TPSA) is 64.6 Å². The number of rotatable bonds is 7. The van der Waals surface area contributed by atoms with Crippen LogP contribution in [0.15, 0.2) is 81.6 Å². The van der Waals surface area contributed by atoms with Crippen LogP contribution >= 0.6 is 22.6 Å². The van der Waals surface area contributed by atoms with Gasteiger partial charge in [-0.2, -0.15) is 0 Å². The summed E-state index contributed by atoms with van der Waals surface area (Å²) in [7, 11) is 0. The van der Waals surface area contributed by atoms with Crippen molar-refractivity contribution in [3.63, 3.8) is 0 Å². The summed E-state index contributed by atoms with van der Waals surface area (Å²) in [5.41, 5.74) is 2.65. The van der Waals surface area contributed by atoms with Gasteiger partial charge in [0, 0.05) is 12.0 Å². The van der Waals surface area contributed by atoms with Crippen LogP contribution in [0.3, 0.4) is 0 Å². The smallest absolute Gasteiger partial charge is 0.345 e. The Hall–Kier alpha value is -2.61. The second-order valence-corrected chi connectivity index (χ2v) is 8.82. The molecule has 1 N–H and O–H groups in total. The molecule has 0 aromatic heterocycles. The summed E-state index contributed by atoms with van der Waals surface area (Å²) in [6, 6.07) is 19.2. The predicted octanol–water partition coefficient (Wildman–Crippen LogP) is 4.82. The van der Waals surface area contributed by atoms with Gasteiger partial charge in [0.1, 0.15) is 18.8 Å². The largest absolute Gasteiger partial charge is 0.457 e. The fraction of sp³-hybridized carbons (Fsp3) is 0.280. The minimum atomic E-state index is -0.667. The lowest BCUT2D eigenvalue weighted by atomic mass is 9.96. The molecule has 0 radical (unpaired) electrons. The van der Waals surface area contributed by atoms with Crippen molar-refractivity contribution in [3.8, 4) is 0 Å². The number of hydrogen-bond acceptors (Lipinski definition) is 5. The van der Waals surface area contributed by atoms with Gasteiger partial charge < -0.3 is 14.8 Å². The quantitative estimate of drug-likeness (QED) is 0.139. The van der Waals surface area contributed by atoms with Crippen molar-refractivity contribution in [1.29, 1.82) is 0 Å². The molecule has 2 aromatic carbocycles. The number of fused-ring (bicyclic) bond motifs is 1. The number of hydrogen-bond donors (Lipinski definition) is 1. The van der Waals surface area contributed by atoms with E-state index >= 15 is 0 Å². The summed E-state index contributed by atoms with van der Waals surface area (Å²) in [4.78, 5) is 25.8. The van der Waals surface area contributed by atoms with Crippen molar-refractivity contribution in [1.82, 2.24) is 5.32 Å². The van der Waals surface area contributed by atoms with E-state index in [-0.39, 0.29) is 18.8 Å². The summed E-state index contributed by atoms with van der Waals surface area (Å²) >= 11 is 2.24. The van der Waals surface area contributed by atoms with Crippen LogP contribution in [0.5, 0.6) is 0 Å². The third-order valence-corrected chi connectivity index (χ3v) is 6.58. The van der Waals surface area contributed by atoms with Gasteiger partial charge in [-0.05, 0) is 58.2 Å². The maximum atomic E-state index is 12.9. The number of allylic oxidation sites excluding steroid dienone is 1. The van der Waals surface area contributed by atoms with Gasteiger partial charge in [-0.25, -0.2) is 9.59 Å². The number of carbonyl (C=O) groups is 2. The van der Waals surface area contributed by atoms with E-state index in [4.69, 9.17) is 9.47 Å². The normalized spacial score (nSPS) is 19.4.